The Morgan fingerprint density at radius 3 is 1.68 bits per heavy atom. The summed E-state index contributed by atoms with van der Waals surface area (Å²) in [6.45, 7) is 4.89. The first-order valence-corrected chi connectivity index (χ1v) is 7.70. The second-order valence-corrected chi connectivity index (χ2v) is 6.34. The molecule has 0 saturated carbocycles. The highest BCUT2D eigenvalue weighted by Gasteiger charge is 2.74. The van der Waals surface area contributed by atoms with E-state index < -0.39 is 30.0 Å². The standard InChI is InChI=1S/C17H21F7O/c1-5-11(2)12-6-8-13(9-7-12)14(3,25-4)10-15(18,16(19,20)21)17(22,23)24/h6-9,11H,5,10H2,1-4H3. The second-order valence-electron chi connectivity index (χ2n) is 6.34. The lowest BCUT2D eigenvalue weighted by Gasteiger charge is -2.38. The van der Waals surface area contributed by atoms with E-state index in [0.29, 0.717) is 0 Å². The van der Waals surface area contributed by atoms with Crippen LogP contribution in [0.4, 0.5) is 30.7 Å². The van der Waals surface area contributed by atoms with Crippen LogP contribution in [0, 0.1) is 0 Å². The van der Waals surface area contributed by atoms with Crippen molar-refractivity contribution < 1.29 is 35.5 Å². The van der Waals surface area contributed by atoms with Gasteiger partial charge < -0.3 is 4.74 Å². The summed E-state index contributed by atoms with van der Waals surface area (Å²) in [7, 11) is 0.954. The molecule has 25 heavy (non-hydrogen) atoms. The summed E-state index contributed by atoms with van der Waals surface area (Å²) in [5.74, 6) is 0.175. The molecule has 0 aliphatic rings. The number of methoxy groups -OCH3 is 1. The van der Waals surface area contributed by atoms with Crippen LogP contribution in [-0.2, 0) is 10.3 Å². The minimum atomic E-state index is -6.11. The molecule has 0 aromatic heterocycles. The molecule has 0 saturated heterocycles. The first kappa shape index (κ1) is 21.7. The quantitative estimate of drug-likeness (QED) is 0.532. The highest BCUT2D eigenvalue weighted by atomic mass is 19.4. The van der Waals surface area contributed by atoms with E-state index in [2.05, 4.69) is 0 Å². The summed E-state index contributed by atoms with van der Waals surface area (Å²) in [6.07, 6.45) is -13.3. The van der Waals surface area contributed by atoms with Crippen molar-refractivity contribution in [2.45, 2.75) is 63.2 Å². The lowest BCUT2D eigenvalue weighted by atomic mass is 9.82. The predicted molar refractivity (Wildman–Crippen MR) is 80.1 cm³/mol. The van der Waals surface area contributed by atoms with Gasteiger partial charge in [0, 0.05) is 13.5 Å². The topological polar surface area (TPSA) is 9.23 Å². The van der Waals surface area contributed by atoms with Crippen LogP contribution in [0.15, 0.2) is 24.3 Å². The molecule has 1 aromatic carbocycles. The van der Waals surface area contributed by atoms with Crippen LogP contribution >= 0.6 is 0 Å². The summed E-state index contributed by atoms with van der Waals surface area (Å²) in [5, 5.41) is 0. The zero-order valence-electron chi connectivity index (χ0n) is 14.4. The van der Waals surface area contributed by atoms with Gasteiger partial charge in [0.1, 0.15) is 0 Å². The smallest absolute Gasteiger partial charge is 0.374 e. The fourth-order valence-corrected chi connectivity index (χ4v) is 2.52. The average molecular weight is 374 g/mol. The lowest BCUT2D eigenvalue weighted by molar-refractivity contribution is -0.353. The molecule has 0 aliphatic heterocycles. The van der Waals surface area contributed by atoms with Crippen LogP contribution in [0.3, 0.4) is 0 Å². The number of benzene rings is 1. The Balaban J connectivity index is 3.30. The third kappa shape index (κ3) is 4.27. The summed E-state index contributed by atoms with van der Waals surface area (Å²) >= 11 is 0. The minimum absolute atomic E-state index is 0.0394. The largest absolute Gasteiger partial charge is 0.431 e. The zero-order valence-corrected chi connectivity index (χ0v) is 14.4. The van der Waals surface area contributed by atoms with Crippen molar-refractivity contribution in [1.29, 1.82) is 0 Å². The van der Waals surface area contributed by atoms with Crippen LogP contribution in [-0.4, -0.2) is 25.1 Å². The van der Waals surface area contributed by atoms with Crippen LogP contribution in [0.25, 0.3) is 0 Å². The number of hydrogen-bond acceptors (Lipinski definition) is 1. The Morgan fingerprint density at radius 2 is 1.36 bits per heavy atom. The van der Waals surface area contributed by atoms with Crippen LogP contribution in [0.2, 0.25) is 0 Å². The Kier molecular flexibility index (Phi) is 6.20. The van der Waals surface area contributed by atoms with Gasteiger partial charge in [0.05, 0.1) is 5.60 Å². The van der Waals surface area contributed by atoms with E-state index in [-0.39, 0.29) is 11.5 Å². The molecule has 144 valence electrons. The highest BCUT2D eigenvalue weighted by Crippen LogP contribution is 2.52. The fourth-order valence-electron chi connectivity index (χ4n) is 2.52. The molecule has 1 aromatic rings. The number of halogens is 7. The molecular formula is C17H21F7O. The molecule has 0 bridgehead atoms. The number of ether oxygens (including phenoxy) is 1. The Morgan fingerprint density at radius 1 is 0.920 bits per heavy atom. The highest BCUT2D eigenvalue weighted by molar-refractivity contribution is 5.29. The van der Waals surface area contributed by atoms with Gasteiger partial charge in [0.25, 0.3) is 0 Å². The molecule has 0 radical (unpaired) electrons. The SMILES string of the molecule is CCC(C)c1ccc(C(C)(CC(F)(C(F)(F)F)C(F)(F)F)OC)cc1. The molecule has 2 unspecified atom stereocenters. The molecule has 2 atom stereocenters. The normalized spacial score (nSPS) is 17.2. The van der Waals surface area contributed by atoms with Crippen molar-refractivity contribution in [3.63, 3.8) is 0 Å². The fraction of sp³-hybridized carbons (Fsp3) is 0.647. The summed E-state index contributed by atoms with van der Waals surface area (Å²) in [6, 6.07) is 5.94. The average Bonchev–Trinajstić information content (AvgIpc) is 2.51. The van der Waals surface area contributed by atoms with Gasteiger partial charge in [0.15, 0.2) is 0 Å². The van der Waals surface area contributed by atoms with Crippen LogP contribution < -0.4 is 0 Å². The number of alkyl halides is 7. The first-order valence-electron chi connectivity index (χ1n) is 7.70. The van der Waals surface area contributed by atoms with Crippen molar-refractivity contribution in [1.82, 2.24) is 0 Å². The predicted octanol–water partition coefficient (Wildman–Crippen LogP) is 6.28. The number of rotatable bonds is 6. The van der Waals surface area contributed by atoms with Crippen LogP contribution in [0.1, 0.15) is 50.7 Å². The summed E-state index contributed by atoms with van der Waals surface area (Å²) < 4.78 is 96.1. The molecule has 8 heteroatoms. The maximum absolute atomic E-state index is 14.1. The van der Waals surface area contributed by atoms with Gasteiger partial charge in [-0.05, 0) is 30.4 Å². The monoisotopic (exact) mass is 374 g/mol. The molecular weight excluding hydrogens is 353 g/mol. The van der Waals surface area contributed by atoms with E-state index >= 15 is 0 Å². The maximum atomic E-state index is 14.1. The molecule has 0 aliphatic carbocycles. The van der Waals surface area contributed by atoms with Gasteiger partial charge in [0.2, 0.25) is 0 Å². The Hall–Kier alpha value is -1.31. The summed E-state index contributed by atoms with van der Waals surface area (Å²) in [5.41, 5.74) is -6.56. The lowest BCUT2D eigenvalue weighted by Crippen LogP contribution is -2.56. The molecule has 0 fully saturated rings. The van der Waals surface area contributed by atoms with E-state index in [0.717, 1.165) is 26.0 Å². The van der Waals surface area contributed by atoms with Crippen molar-refractivity contribution >= 4 is 0 Å². The van der Waals surface area contributed by atoms with E-state index in [1.807, 2.05) is 13.8 Å². The van der Waals surface area contributed by atoms with E-state index in [1.54, 1.807) is 12.1 Å². The first-order chi connectivity index (χ1) is 11.2. The third-order valence-electron chi connectivity index (χ3n) is 4.63. The Bertz CT molecular complexity index is 548. The van der Waals surface area contributed by atoms with Crippen molar-refractivity contribution in [3.8, 4) is 0 Å². The molecule has 1 rings (SSSR count). The molecule has 1 nitrogen and oxygen atoms in total. The number of hydrogen-bond donors (Lipinski definition) is 0. The van der Waals surface area contributed by atoms with Gasteiger partial charge in [-0.1, -0.05) is 38.1 Å². The van der Waals surface area contributed by atoms with Gasteiger partial charge >= 0.3 is 18.0 Å². The van der Waals surface area contributed by atoms with Gasteiger partial charge in [-0.3, -0.25) is 0 Å². The molecule has 0 heterocycles. The van der Waals surface area contributed by atoms with E-state index in [1.165, 1.54) is 12.1 Å². The molecule has 0 N–H and O–H groups in total. The molecule has 0 amide bonds. The maximum Gasteiger partial charge on any atom is 0.431 e. The van der Waals surface area contributed by atoms with Crippen molar-refractivity contribution in [2.75, 3.05) is 7.11 Å². The summed E-state index contributed by atoms with van der Waals surface area (Å²) in [4.78, 5) is 0. The van der Waals surface area contributed by atoms with E-state index in [9.17, 15) is 30.7 Å². The third-order valence-corrected chi connectivity index (χ3v) is 4.63. The van der Waals surface area contributed by atoms with Crippen molar-refractivity contribution in [2.24, 2.45) is 0 Å². The zero-order chi connectivity index (χ0) is 19.7. The van der Waals surface area contributed by atoms with Crippen LogP contribution in [0.5, 0.6) is 0 Å². The van der Waals surface area contributed by atoms with Crippen molar-refractivity contribution in [3.05, 3.63) is 35.4 Å². The van der Waals surface area contributed by atoms with Gasteiger partial charge in [-0.15, -0.1) is 0 Å². The van der Waals surface area contributed by atoms with Gasteiger partial charge in [-0.2, -0.15) is 26.3 Å². The minimum Gasteiger partial charge on any atom is -0.374 e. The van der Waals surface area contributed by atoms with Gasteiger partial charge in [-0.25, -0.2) is 4.39 Å². The molecule has 0 spiro atoms. The second kappa shape index (κ2) is 7.13. The van der Waals surface area contributed by atoms with E-state index in [4.69, 9.17) is 4.74 Å². The Labute approximate surface area is 142 Å².